The van der Waals surface area contributed by atoms with Gasteiger partial charge in [0.25, 0.3) is 5.91 Å². The van der Waals surface area contributed by atoms with Crippen LogP contribution in [0.3, 0.4) is 0 Å². The summed E-state index contributed by atoms with van der Waals surface area (Å²) in [5, 5.41) is 4.13. The van der Waals surface area contributed by atoms with Crippen molar-refractivity contribution in [3.05, 3.63) is 66.3 Å². The summed E-state index contributed by atoms with van der Waals surface area (Å²) in [6.07, 6.45) is 7.43. The van der Waals surface area contributed by atoms with Crippen LogP contribution < -0.4 is 11.1 Å². The zero-order valence-corrected chi connectivity index (χ0v) is 15.9. The number of fused-ring (bicyclic) bond motifs is 1. The minimum absolute atomic E-state index is 0.149. The van der Waals surface area contributed by atoms with E-state index in [1.165, 1.54) is 25.7 Å². The van der Waals surface area contributed by atoms with Crippen molar-refractivity contribution >= 4 is 22.6 Å². The second-order valence-electron chi connectivity index (χ2n) is 6.76. The summed E-state index contributed by atoms with van der Waals surface area (Å²) >= 11 is 0. The van der Waals surface area contributed by atoms with Gasteiger partial charge in [-0.25, -0.2) is 14.4 Å². The molecular weight excluding hydrogens is 357 g/mol. The van der Waals surface area contributed by atoms with Gasteiger partial charge in [0.1, 0.15) is 12.1 Å². The number of carbonyl (C=O) groups excluding carboxylic acids is 1. The number of nitrogens with one attached hydrogen (secondary N) is 1. The molecule has 28 heavy (non-hydrogen) atoms. The number of nitrogens with two attached hydrogens (primary N) is 1. The van der Waals surface area contributed by atoms with Crippen molar-refractivity contribution < 1.29 is 9.18 Å². The number of para-hydroxylation sites is 1. The SMILES string of the molecule is C=C/C(=C\C=C(/C)F)C(CN1CCC1)Nc1ncnc2c(C(N)=O)cccc12. The zero-order valence-electron chi connectivity index (χ0n) is 15.9. The molecule has 1 amide bonds. The Labute approximate surface area is 163 Å². The summed E-state index contributed by atoms with van der Waals surface area (Å²) in [5.41, 5.74) is 7.16. The van der Waals surface area contributed by atoms with Gasteiger partial charge in [-0.1, -0.05) is 24.8 Å². The Hall–Kier alpha value is -3.06. The number of halogens is 1. The molecule has 1 aromatic carbocycles. The Morgan fingerprint density at radius 1 is 1.39 bits per heavy atom. The molecule has 1 atom stereocenters. The van der Waals surface area contributed by atoms with Crippen molar-refractivity contribution in [2.75, 3.05) is 25.0 Å². The second-order valence-corrected chi connectivity index (χ2v) is 6.76. The van der Waals surface area contributed by atoms with E-state index in [0.717, 1.165) is 25.2 Å². The second kappa shape index (κ2) is 8.75. The fourth-order valence-corrected chi connectivity index (χ4v) is 3.16. The molecule has 1 fully saturated rings. The number of carbonyl (C=O) groups is 1. The monoisotopic (exact) mass is 381 g/mol. The Bertz CT molecular complexity index is 945. The topological polar surface area (TPSA) is 84.1 Å². The fraction of sp³-hybridized carbons (Fsp3) is 0.286. The first-order valence-corrected chi connectivity index (χ1v) is 9.18. The Balaban J connectivity index is 1.99. The van der Waals surface area contributed by atoms with Crippen LogP contribution in [0, 0.1) is 0 Å². The number of anilines is 1. The van der Waals surface area contributed by atoms with Gasteiger partial charge in [-0.05, 0) is 50.2 Å². The lowest BCUT2D eigenvalue weighted by molar-refractivity contribution is 0.100. The summed E-state index contributed by atoms with van der Waals surface area (Å²) in [7, 11) is 0. The van der Waals surface area contributed by atoms with Gasteiger partial charge in [-0.2, -0.15) is 0 Å². The highest BCUT2D eigenvalue weighted by molar-refractivity contribution is 6.06. The average Bonchev–Trinajstić information content (AvgIpc) is 2.64. The van der Waals surface area contributed by atoms with Crippen LogP contribution in [0.15, 0.2) is 60.7 Å². The smallest absolute Gasteiger partial charge is 0.250 e. The van der Waals surface area contributed by atoms with Crippen molar-refractivity contribution in [3.8, 4) is 0 Å². The number of aromatic nitrogens is 2. The first-order chi connectivity index (χ1) is 13.5. The Morgan fingerprint density at radius 2 is 2.18 bits per heavy atom. The van der Waals surface area contributed by atoms with E-state index in [0.29, 0.717) is 22.3 Å². The van der Waals surface area contributed by atoms with Crippen molar-refractivity contribution in [1.29, 1.82) is 0 Å². The third-order valence-corrected chi connectivity index (χ3v) is 4.77. The molecule has 0 saturated carbocycles. The van der Waals surface area contributed by atoms with E-state index in [9.17, 15) is 9.18 Å². The van der Waals surface area contributed by atoms with Crippen LogP contribution in [0.5, 0.6) is 0 Å². The third kappa shape index (κ3) is 4.43. The molecule has 3 rings (SSSR count). The summed E-state index contributed by atoms with van der Waals surface area (Å²) < 4.78 is 13.2. The molecule has 1 aromatic heterocycles. The van der Waals surface area contributed by atoms with Crippen molar-refractivity contribution in [2.45, 2.75) is 19.4 Å². The average molecular weight is 381 g/mol. The summed E-state index contributed by atoms with van der Waals surface area (Å²) in [5.74, 6) is -0.226. The maximum atomic E-state index is 13.2. The number of benzene rings is 1. The van der Waals surface area contributed by atoms with E-state index < -0.39 is 5.91 Å². The molecule has 146 valence electrons. The van der Waals surface area contributed by atoms with E-state index in [-0.39, 0.29) is 11.9 Å². The number of allylic oxidation sites excluding steroid dienone is 3. The number of likely N-dealkylation sites (tertiary alicyclic amines) is 1. The normalized spacial score (nSPS) is 16.5. The van der Waals surface area contributed by atoms with Gasteiger partial charge in [-0.3, -0.25) is 4.79 Å². The summed E-state index contributed by atoms with van der Waals surface area (Å²) in [6.45, 7) is 8.06. The molecule has 6 nitrogen and oxygen atoms in total. The fourth-order valence-electron chi connectivity index (χ4n) is 3.16. The van der Waals surface area contributed by atoms with Crippen LogP contribution in [0.4, 0.5) is 10.2 Å². The minimum atomic E-state index is -0.539. The van der Waals surface area contributed by atoms with E-state index in [2.05, 4.69) is 26.8 Å². The van der Waals surface area contributed by atoms with Gasteiger partial charge in [-0.15, -0.1) is 0 Å². The Morgan fingerprint density at radius 3 is 2.79 bits per heavy atom. The molecular formula is C21H24FN5O. The number of hydrogen-bond acceptors (Lipinski definition) is 5. The molecule has 0 aliphatic carbocycles. The van der Waals surface area contributed by atoms with Gasteiger partial charge in [0.2, 0.25) is 0 Å². The lowest BCUT2D eigenvalue weighted by Gasteiger charge is -2.35. The molecule has 1 saturated heterocycles. The molecule has 3 N–H and O–H groups in total. The predicted octanol–water partition coefficient (Wildman–Crippen LogP) is 3.20. The molecule has 2 aromatic rings. The standard InChI is InChI=1S/C21H24FN5O/c1-3-15(9-8-14(2)22)18(12-27-10-5-11-27)26-21-17-7-4-6-16(20(23)28)19(17)24-13-25-21/h3-4,6-9,13,18H,1,5,10-12H2,2H3,(H2,23,28)(H,24,25,26)/b14-8+,15-9+. The number of hydrogen-bond donors (Lipinski definition) is 2. The van der Waals surface area contributed by atoms with Gasteiger partial charge in [0, 0.05) is 11.9 Å². The largest absolute Gasteiger partial charge is 0.366 e. The number of nitrogens with zero attached hydrogens (tertiary/aromatic N) is 3. The van der Waals surface area contributed by atoms with Gasteiger partial charge >= 0.3 is 0 Å². The lowest BCUT2D eigenvalue weighted by Crippen LogP contribution is -2.45. The molecule has 7 heteroatoms. The summed E-state index contributed by atoms with van der Waals surface area (Å²) in [6, 6.07) is 5.08. The van der Waals surface area contributed by atoms with E-state index >= 15 is 0 Å². The lowest BCUT2D eigenvalue weighted by atomic mass is 10.0. The molecule has 1 aliphatic rings. The predicted molar refractivity (Wildman–Crippen MR) is 110 cm³/mol. The van der Waals surface area contributed by atoms with E-state index in [1.54, 1.807) is 24.3 Å². The highest BCUT2D eigenvalue weighted by atomic mass is 19.1. The third-order valence-electron chi connectivity index (χ3n) is 4.77. The highest BCUT2D eigenvalue weighted by Crippen LogP contribution is 2.24. The number of primary amides is 1. The van der Waals surface area contributed by atoms with E-state index in [4.69, 9.17) is 5.73 Å². The zero-order chi connectivity index (χ0) is 20.1. The van der Waals surface area contributed by atoms with Crippen LogP contribution in [-0.4, -0.2) is 46.5 Å². The maximum absolute atomic E-state index is 13.2. The van der Waals surface area contributed by atoms with Crippen LogP contribution in [-0.2, 0) is 0 Å². The van der Waals surface area contributed by atoms with Crippen molar-refractivity contribution in [3.63, 3.8) is 0 Å². The van der Waals surface area contributed by atoms with Crippen LogP contribution >= 0.6 is 0 Å². The minimum Gasteiger partial charge on any atom is -0.366 e. The van der Waals surface area contributed by atoms with Crippen LogP contribution in [0.2, 0.25) is 0 Å². The highest BCUT2D eigenvalue weighted by Gasteiger charge is 2.22. The van der Waals surface area contributed by atoms with Crippen LogP contribution in [0.1, 0.15) is 23.7 Å². The van der Waals surface area contributed by atoms with E-state index in [1.807, 2.05) is 6.07 Å². The molecule has 0 radical (unpaired) electrons. The first-order valence-electron chi connectivity index (χ1n) is 9.18. The molecule has 1 aliphatic heterocycles. The van der Waals surface area contributed by atoms with Gasteiger partial charge in [0.15, 0.2) is 0 Å². The van der Waals surface area contributed by atoms with Gasteiger partial charge in [0.05, 0.1) is 22.9 Å². The quantitative estimate of drug-likeness (QED) is 0.686. The van der Waals surface area contributed by atoms with Crippen molar-refractivity contribution in [1.82, 2.24) is 14.9 Å². The Kier molecular flexibility index (Phi) is 6.16. The van der Waals surface area contributed by atoms with Crippen LogP contribution in [0.25, 0.3) is 10.9 Å². The molecule has 0 spiro atoms. The molecule has 0 bridgehead atoms. The molecule has 1 unspecified atom stereocenters. The van der Waals surface area contributed by atoms with Gasteiger partial charge < -0.3 is 16.0 Å². The van der Waals surface area contributed by atoms with Crippen molar-refractivity contribution in [2.24, 2.45) is 5.73 Å². The maximum Gasteiger partial charge on any atom is 0.250 e. The number of amides is 1. The number of rotatable bonds is 8. The molecule has 2 heterocycles. The first kappa shape index (κ1) is 19.7. The summed E-state index contributed by atoms with van der Waals surface area (Å²) in [4.78, 5) is 22.6.